The van der Waals surface area contributed by atoms with Gasteiger partial charge < -0.3 is 4.74 Å². The SMILES string of the molecule is CCC(C)(C)C(=O)Oc1ccc(C2NN(c3ccccc3)C(=S)N(c3ccccc3)N2)cc1. The van der Waals surface area contributed by atoms with Gasteiger partial charge in [-0.05, 0) is 74.4 Å². The van der Waals surface area contributed by atoms with Gasteiger partial charge in [-0.2, -0.15) is 0 Å². The van der Waals surface area contributed by atoms with E-state index < -0.39 is 5.41 Å². The molecule has 6 nitrogen and oxygen atoms in total. The number of thiocarbonyl (C=S) groups is 1. The van der Waals surface area contributed by atoms with Crippen molar-refractivity contribution in [2.45, 2.75) is 33.4 Å². The van der Waals surface area contributed by atoms with Crippen LogP contribution in [0.15, 0.2) is 84.9 Å². The summed E-state index contributed by atoms with van der Waals surface area (Å²) < 4.78 is 5.59. The summed E-state index contributed by atoms with van der Waals surface area (Å²) in [6, 6.07) is 27.4. The smallest absolute Gasteiger partial charge is 0.316 e. The van der Waals surface area contributed by atoms with Crippen molar-refractivity contribution in [1.29, 1.82) is 0 Å². The molecule has 3 aromatic rings. The van der Waals surface area contributed by atoms with Gasteiger partial charge in [0.1, 0.15) is 11.9 Å². The van der Waals surface area contributed by atoms with E-state index >= 15 is 0 Å². The third-order valence-electron chi connectivity index (χ3n) is 5.79. The maximum atomic E-state index is 12.4. The van der Waals surface area contributed by atoms with Crippen molar-refractivity contribution < 1.29 is 9.53 Å². The monoisotopic (exact) mass is 460 g/mol. The Bertz CT molecular complexity index is 1050. The largest absolute Gasteiger partial charge is 0.426 e. The fourth-order valence-electron chi connectivity index (χ4n) is 3.29. The molecule has 170 valence electrons. The van der Waals surface area contributed by atoms with Crippen LogP contribution < -0.4 is 25.6 Å². The van der Waals surface area contributed by atoms with Crippen LogP contribution in [0, 0.1) is 5.41 Å². The molecule has 0 radical (unpaired) electrons. The lowest BCUT2D eigenvalue weighted by atomic mass is 9.91. The Hall–Kier alpha value is -3.26. The van der Waals surface area contributed by atoms with Gasteiger partial charge in [-0.1, -0.05) is 55.5 Å². The topological polar surface area (TPSA) is 56.8 Å². The van der Waals surface area contributed by atoms with Crippen LogP contribution in [-0.2, 0) is 4.79 Å². The third-order valence-corrected chi connectivity index (χ3v) is 6.15. The number of carbonyl (C=O) groups excluding carboxylic acids is 1. The van der Waals surface area contributed by atoms with E-state index in [0.29, 0.717) is 17.3 Å². The Morgan fingerprint density at radius 2 is 1.36 bits per heavy atom. The molecule has 33 heavy (non-hydrogen) atoms. The molecule has 0 atom stereocenters. The van der Waals surface area contributed by atoms with Gasteiger partial charge in [-0.25, -0.2) is 20.9 Å². The van der Waals surface area contributed by atoms with Crippen molar-refractivity contribution in [3.63, 3.8) is 0 Å². The van der Waals surface area contributed by atoms with Crippen LogP contribution in [0.3, 0.4) is 0 Å². The van der Waals surface area contributed by atoms with Crippen molar-refractivity contribution in [3.8, 4) is 5.75 Å². The zero-order valence-corrected chi connectivity index (χ0v) is 19.8. The van der Waals surface area contributed by atoms with Gasteiger partial charge in [0, 0.05) is 0 Å². The number of esters is 1. The molecule has 0 amide bonds. The van der Waals surface area contributed by atoms with Crippen LogP contribution in [0.5, 0.6) is 5.75 Å². The van der Waals surface area contributed by atoms with Crippen molar-refractivity contribution in [2.75, 3.05) is 10.0 Å². The Morgan fingerprint density at radius 1 is 0.879 bits per heavy atom. The van der Waals surface area contributed by atoms with Crippen LogP contribution in [0.4, 0.5) is 11.4 Å². The molecule has 1 aliphatic rings. The number of ether oxygens (including phenoxy) is 1. The first-order chi connectivity index (χ1) is 15.9. The van der Waals surface area contributed by atoms with E-state index in [-0.39, 0.29) is 12.1 Å². The first-order valence-corrected chi connectivity index (χ1v) is 11.4. The maximum Gasteiger partial charge on any atom is 0.316 e. The summed E-state index contributed by atoms with van der Waals surface area (Å²) in [6.45, 7) is 5.75. The van der Waals surface area contributed by atoms with E-state index in [1.807, 2.05) is 116 Å². The molecule has 1 saturated heterocycles. The molecule has 0 unspecified atom stereocenters. The molecular weight excluding hydrogens is 432 g/mol. The molecule has 4 rings (SSSR count). The molecule has 1 aliphatic heterocycles. The summed E-state index contributed by atoms with van der Waals surface area (Å²) in [6.07, 6.45) is 0.443. The summed E-state index contributed by atoms with van der Waals surface area (Å²) in [5, 5.41) is 4.36. The van der Waals surface area contributed by atoms with Gasteiger partial charge in [0.15, 0.2) is 0 Å². The number of rotatable bonds is 6. The van der Waals surface area contributed by atoms with Crippen molar-refractivity contribution >= 4 is 34.7 Å². The standard InChI is InChI=1S/C26H28N4O2S/c1-4-26(2,3)24(31)32-22-17-15-19(16-18-22)23-27-29(20-11-7-5-8-12-20)25(33)30(28-23)21-13-9-6-10-14-21/h5-18,23,27-28H,4H2,1-3H3. The Kier molecular flexibility index (Phi) is 6.74. The second kappa shape index (κ2) is 9.70. The number of benzene rings is 3. The van der Waals surface area contributed by atoms with Gasteiger partial charge in [-0.3, -0.25) is 4.79 Å². The number of carbonyl (C=O) groups is 1. The number of hydrogen-bond acceptors (Lipinski definition) is 5. The highest BCUT2D eigenvalue weighted by Gasteiger charge is 2.31. The quantitative estimate of drug-likeness (QED) is 0.292. The minimum Gasteiger partial charge on any atom is -0.426 e. The number of nitrogens with zero attached hydrogens (tertiary/aromatic N) is 2. The fraction of sp³-hybridized carbons (Fsp3) is 0.231. The lowest BCUT2D eigenvalue weighted by Crippen LogP contribution is -2.65. The molecule has 0 aliphatic carbocycles. The first kappa shape index (κ1) is 22.9. The molecule has 7 heteroatoms. The van der Waals surface area contributed by atoms with Gasteiger partial charge in [-0.15, -0.1) is 0 Å². The summed E-state index contributed by atoms with van der Waals surface area (Å²) >= 11 is 5.80. The predicted molar refractivity (Wildman–Crippen MR) is 136 cm³/mol. The Labute approximate surface area is 200 Å². The van der Waals surface area contributed by atoms with E-state index in [9.17, 15) is 4.79 Å². The highest BCUT2D eigenvalue weighted by Crippen LogP contribution is 2.28. The molecule has 0 spiro atoms. The van der Waals surface area contributed by atoms with Gasteiger partial charge in [0.2, 0.25) is 5.11 Å². The van der Waals surface area contributed by atoms with Crippen LogP contribution >= 0.6 is 12.2 Å². The molecule has 0 aromatic heterocycles. The van der Waals surface area contributed by atoms with Crippen molar-refractivity contribution in [3.05, 3.63) is 90.5 Å². The van der Waals surface area contributed by atoms with Crippen LogP contribution in [0.2, 0.25) is 0 Å². The van der Waals surface area contributed by atoms with Crippen molar-refractivity contribution in [2.24, 2.45) is 5.41 Å². The predicted octanol–water partition coefficient (Wildman–Crippen LogP) is 5.35. The zero-order valence-electron chi connectivity index (χ0n) is 19.0. The minimum atomic E-state index is -0.521. The molecular formula is C26H28N4O2S. The van der Waals surface area contributed by atoms with Gasteiger partial charge in [0.25, 0.3) is 0 Å². The molecule has 0 saturated carbocycles. The average Bonchev–Trinajstić information content (AvgIpc) is 2.85. The number of anilines is 2. The lowest BCUT2D eigenvalue weighted by molar-refractivity contribution is -0.144. The fourth-order valence-corrected chi connectivity index (χ4v) is 3.60. The minimum absolute atomic E-state index is 0.234. The second-order valence-electron chi connectivity index (χ2n) is 8.51. The third kappa shape index (κ3) is 5.06. The number of hydrogen-bond donors (Lipinski definition) is 2. The normalized spacial score (nSPS) is 14.9. The van der Waals surface area contributed by atoms with E-state index in [1.165, 1.54) is 0 Å². The average molecular weight is 461 g/mol. The van der Waals surface area contributed by atoms with E-state index in [0.717, 1.165) is 16.9 Å². The molecule has 1 fully saturated rings. The van der Waals surface area contributed by atoms with E-state index in [4.69, 9.17) is 17.0 Å². The zero-order chi connectivity index (χ0) is 23.4. The molecule has 2 N–H and O–H groups in total. The highest BCUT2D eigenvalue weighted by atomic mass is 32.1. The maximum absolute atomic E-state index is 12.4. The molecule has 3 aromatic carbocycles. The van der Waals surface area contributed by atoms with Crippen LogP contribution in [0.25, 0.3) is 0 Å². The van der Waals surface area contributed by atoms with Crippen LogP contribution in [0.1, 0.15) is 38.9 Å². The van der Waals surface area contributed by atoms with Crippen molar-refractivity contribution in [1.82, 2.24) is 10.9 Å². The lowest BCUT2D eigenvalue weighted by Gasteiger charge is -2.43. The number of hydrazine groups is 2. The van der Waals surface area contributed by atoms with E-state index in [2.05, 4.69) is 10.9 Å². The second-order valence-corrected chi connectivity index (χ2v) is 8.88. The van der Waals surface area contributed by atoms with Gasteiger partial charge >= 0.3 is 5.97 Å². The molecule has 0 bridgehead atoms. The number of nitrogens with one attached hydrogen (secondary N) is 2. The summed E-state index contributed by atoms with van der Waals surface area (Å²) in [7, 11) is 0. The summed E-state index contributed by atoms with van der Waals surface area (Å²) in [5.74, 6) is 0.291. The Morgan fingerprint density at radius 3 is 1.82 bits per heavy atom. The summed E-state index contributed by atoms with van der Waals surface area (Å²) in [4.78, 5) is 12.4. The summed E-state index contributed by atoms with van der Waals surface area (Å²) in [5.41, 5.74) is 9.23. The highest BCUT2D eigenvalue weighted by molar-refractivity contribution is 7.80. The van der Waals surface area contributed by atoms with Crippen LogP contribution in [-0.4, -0.2) is 11.1 Å². The first-order valence-electron chi connectivity index (χ1n) is 11.0. The Balaban J connectivity index is 1.60. The molecule has 1 heterocycles. The van der Waals surface area contributed by atoms with Gasteiger partial charge in [0.05, 0.1) is 16.8 Å². The number of para-hydroxylation sites is 2. The van der Waals surface area contributed by atoms with E-state index in [1.54, 1.807) is 0 Å².